The van der Waals surface area contributed by atoms with Crippen molar-refractivity contribution in [3.05, 3.63) is 54.0 Å². The number of carbonyl (C=O) groups is 2. The first-order valence-electron chi connectivity index (χ1n) is 13.6. The number of fused-ring (bicyclic) bond motifs is 1. The van der Waals surface area contributed by atoms with Crippen LogP contribution in [-0.2, 0) is 28.0 Å². The summed E-state index contributed by atoms with van der Waals surface area (Å²) in [7, 11) is 0. The van der Waals surface area contributed by atoms with Crippen molar-refractivity contribution in [2.75, 3.05) is 24.5 Å². The van der Waals surface area contributed by atoms with Crippen LogP contribution in [-0.4, -0.2) is 61.6 Å². The maximum atomic E-state index is 12.6. The largest absolute Gasteiger partial charge is 0.481 e. The lowest BCUT2D eigenvalue weighted by molar-refractivity contribution is -0.152. The van der Waals surface area contributed by atoms with E-state index >= 15 is 0 Å². The molecule has 204 valence electrons. The van der Waals surface area contributed by atoms with E-state index in [9.17, 15) is 14.7 Å². The van der Waals surface area contributed by atoms with E-state index in [1.807, 2.05) is 52.1 Å². The van der Waals surface area contributed by atoms with Gasteiger partial charge in [0.25, 0.3) is 0 Å². The van der Waals surface area contributed by atoms with Gasteiger partial charge in [0.1, 0.15) is 29.6 Å². The van der Waals surface area contributed by atoms with Gasteiger partial charge in [-0.25, -0.2) is 9.97 Å². The molecule has 39 heavy (non-hydrogen) atoms. The first-order chi connectivity index (χ1) is 18.6. The smallest absolute Gasteiger partial charge is 0.315 e. The average Bonchev–Trinajstić information content (AvgIpc) is 3.54. The van der Waals surface area contributed by atoms with E-state index in [-0.39, 0.29) is 24.4 Å². The van der Waals surface area contributed by atoms with Gasteiger partial charge >= 0.3 is 5.97 Å². The summed E-state index contributed by atoms with van der Waals surface area (Å²) < 4.78 is 1.90. The van der Waals surface area contributed by atoms with Gasteiger partial charge < -0.3 is 19.5 Å². The van der Waals surface area contributed by atoms with E-state index in [1.54, 1.807) is 6.92 Å². The molecule has 5 rings (SSSR count). The van der Waals surface area contributed by atoms with Crippen LogP contribution in [0, 0.1) is 23.2 Å². The summed E-state index contributed by atoms with van der Waals surface area (Å²) in [6.45, 7) is 10.6. The molecule has 2 aliphatic heterocycles. The molecule has 0 saturated carbocycles. The molecule has 9 nitrogen and oxygen atoms in total. The molecular formula is C30H36N6O3. The van der Waals surface area contributed by atoms with Gasteiger partial charge in [-0.05, 0) is 48.8 Å². The minimum atomic E-state index is -1.14. The SMILES string of the molecule is CC(C)Cc1ccc(C(C)(Cn2ccc3c(N4CC[C@]5(C4)[C@@H](C)CN5C(=O)CC#N)ncnc32)C(=O)O)cc1. The Morgan fingerprint density at radius 1 is 1.23 bits per heavy atom. The van der Waals surface area contributed by atoms with Crippen LogP contribution in [0.2, 0.25) is 0 Å². The third-order valence-corrected chi connectivity index (χ3v) is 8.75. The number of aliphatic carboxylic acids is 1. The van der Waals surface area contributed by atoms with Crippen LogP contribution in [0.25, 0.3) is 11.0 Å². The monoisotopic (exact) mass is 528 g/mol. The lowest BCUT2D eigenvalue weighted by atomic mass is 9.74. The number of hydrogen-bond donors (Lipinski definition) is 1. The van der Waals surface area contributed by atoms with Crippen molar-refractivity contribution in [3.63, 3.8) is 0 Å². The zero-order valence-electron chi connectivity index (χ0n) is 23.1. The molecular weight excluding hydrogens is 492 g/mol. The van der Waals surface area contributed by atoms with Crippen molar-refractivity contribution in [2.45, 2.75) is 64.5 Å². The van der Waals surface area contributed by atoms with Crippen molar-refractivity contribution < 1.29 is 14.7 Å². The van der Waals surface area contributed by atoms with Crippen molar-refractivity contribution in [3.8, 4) is 6.07 Å². The Balaban J connectivity index is 1.42. The van der Waals surface area contributed by atoms with Crippen molar-refractivity contribution in [1.82, 2.24) is 19.4 Å². The second-order valence-electron chi connectivity index (χ2n) is 11.8. The first kappa shape index (κ1) is 26.7. The molecule has 1 aromatic carbocycles. The number of carbonyl (C=O) groups excluding carboxylic acids is 1. The minimum Gasteiger partial charge on any atom is -0.481 e. The normalized spacial score (nSPS) is 22.2. The first-order valence-corrected chi connectivity index (χ1v) is 13.6. The summed E-state index contributed by atoms with van der Waals surface area (Å²) in [4.78, 5) is 38.4. The summed E-state index contributed by atoms with van der Waals surface area (Å²) in [5.41, 5.74) is 1.21. The number of nitriles is 1. The highest BCUT2D eigenvalue weighted by molar-refractivity contribution is 5.89. The summed E-state index contributed by atoms with van der Waals surface area (Å²) in [5.74, 6) is 0.660. The van der Waals surface area contributed by atoms with E-state index < -0.39 is 11.4 Å². The lowest BCUT2D eigenvalue weighted by Crippen LogP contribution is -2.69. The average molecular weight is 529 g/mol. The third-order valence-electron chi connectivity index (χ3n) is 8.75. The molecule has 9 heteroatoms. The van der Waals surface area contributed by atoms with Crippen molar-refractivity contribution >= 4 is 28.7 Å². The second kappa shape index (κ2) is 9.99. The fourth-order valence-electron chi connectivity index (χ4n) is 6.39. The minimum absolute atomic E-state index is 0.0993. The van der Waals surface area contributed by atoms with Crippen LogP contribution in [0.4, 0.5) is 5.82 Å². The number of hydrogen-bond acceptors (Lipinski definition) is 6. The Morgan fingerprint density at radius 3 is 2.62 bits per heavy atom. The molecule has 1 unspecified atom stereocenters. The number of carboxylic acid groups (broad SMARTS) is 1. The third kappa shape index (κ3) is 4.52. The van der Waals surface area contributed by atoms with Gasteiger partial charge in [-0.3, -0.25) is 9.59 Å². The molecule has 3 aromatic rings. The highest BCUT2D eigenvalue weighted by atomic mass is 16.4. The number of aromatic nitrogens is 3. The Bertz CT molecular complexity index is 1440. The zero-order valence-corrected chi connectivity index (χ0v) is 23.1. The predicted octanol–water partition coefficient (Wildman–Crippen LogP) is 4.01. The predicted molar refractivity (Wildman–Crippen MR) is 148 cm³/mol. The zero-order chi connectivity index (χ0) is 27.9. The van der Waals surface area contributed by atoms with E-state index in [2.05, 4.69) is 35.6 Å². The summed E-state index contributed by atoms with van der Waals surface area (Å²) >= 11 is 0. The Labute approximate surface area is 229 Å². The van der Waals surface area contributed by atoms with Crippen LogP contribution < -0.4 is 4.90 Å². The number of benzene rings is 1. The van der Waals surface area contributed by atoms with E-state index in [4.69, 9.17) is 5.26 Å². The molecule has 2 aromatic heterocycles. The summed E-state index contributed by atoms with van der Waals surface area (Å²) in [5, 5.41) is 20.2. The van der Waals surface area contributed by atoms with Crippen LogP contribution in [0.5, 0.6) is 0 Å². The Hall–Kier alpha value is -3.93. The number of amides is 1. The molecule has 2 saturated heterocycles. The number of carboxylic acids is 1. The number of anilines is 1. The van der Waals surface area contributed by atoms with Crippen LogP contribution in [0.3, 0.4) is 0 Å². The van der Waals surface area contributed by atoms with Crippen LogP contribution in [0.1, 0.15) is 51.7 Å². The number of nitrogens with zero attached hydrogens (tertiary/aromatic N) is 6. The van der Waals surface area contributed by atoms with Crippen LogP contribution in [0.15, 0.2) is 42.9 Å². The maximum Gasteiger partial charge on any atom is 0.315 e. The second-order valence-corrected chi connectivity index (χ2v) is 11.8. The lowest BCUT2D eigenvalue weighted by Gasteiger charge is -2.55. The van der Waals surface area contributed by atoms with Crippen molar-refractivity contribution in [1.29, 1.82) is 5.26 Å². The molecule has 0 bridgehead atoms. The fourth-order valence-corrected chi connectivity index (χ4v) is 6.39. The highest BCUT2D eigenvalue weighted by Gasteiger charge is 2.56. The molecule has 2 fully saturated rings. The summed E-state index contributed by atoms with van der Waals surface area (Å²) in [6.07, 6.45) is 5.09. The van der Waals surface area contributed by atoms with E-state index in [0.29, 0.717) is 30.6 Å². The molecule has 3 atom stereocenters. The van der Waals surface area contributed by atoms with Crippen molar-refractivity contribution in [2.24, 2.45) is 11.8 Å². The van der Waals surface area contributed by atoms with Gasteiger partial charge in [0.2, 0.25) is 5.91 Å². The molecule has 1 N–H and O–H groups in total. The van der Waals surface area contributed by atoms with Gasteiger partial charge in [-0.15, -0.1) is 0 Å². The quantitative estimate of drug-likeness (QED) is 0.470. The molecule has 1 amide bonds. The van der Waals surface area contributed by atoms with Gasteiger partial charge in [-0.2, -0.15) is 5.26 Å². The van der Waals surface area contributed by atoms with Gasteiger partial charge in [0.15, 0.2) is 0 Å². The van der Waals surface area contributed by atoms with Gasteiger partial charge in [0, 0.05) is 32.4 Å². The number of likely N-dealkylation sites (tertiary alicyclic amines) is 1. The number of rotatable bonds is 8. The Morgan fingerprint density at radius 2 is 1.97 bits per heavy atom. The van der Waals surface area contributed by atoms with Gasteiger partial charge in [0.05, 0.1) is 17.0 Å². The Kier molecular flexibility index (Phi) is 6.83. The highest BCUT2D eigenvalue weighted by Crippen LogP contribution is 2.45. The van der Waals surface area contributed by atoms with E-state index in [0.717, 1.165) is 36.2 Å². The summed E-state index contributed by atoms with van der Waals surface area (Å²) in [6, 6.07) is 11.9. The van der Waals surface area contributed by atoms with E-state index in [1.165, 1.54) is 11.9 Å². The molecule has 4 heterocycles. The fraction of sp³-hybridized carbons (Fsp3) is 0.500. The molecule has 0 radical (unpaired) electrons. The molecule has 2 aliphatic rings. The molecule has 0 aliphatic carbocycles. The molecule has 1 spiro atoms. The maximum absolute atomic E-state index is 12.6. The topological polar surface area (TPSA) is 115 Å². The standard InChI is InChI=1S/C30H36N6O3/c1-20(2)15-22-5-7-23(8-6-22)29(4,28(38)39)17-34-13-10-24-26(34)32-19-33-27(24)35-14-11-30(18-35)21(3)16-36(30)25(37)9-12-31/h5-8,10,13,19-21H,9,11,14-18H2,1-4H3,(H,38,39)/t21-,29?,30-/m0/s1. The van der Waals surface area contributed by atoms with Crippen LogP contribution >= 0.6 is 0 Å². The van der Waals surface area contributed by atoms with Gasteiger partial charge in [-0.1, -0.05) is 45.0 Å².